The van der Waals surface area contributed by atoms with Gasteiger partial charge in [0, 0.05) is 19.6 Å². The van der Waals surface area contributed by atoms with E-state index in [-0.39, 0.29) is 11.7 Å². The van der Waals surface area contributed by atoms with Crippen LogP contribution in [0.5, 0.6) is 0 Å². The fourth-order valence-electron chi connectivity index (χ4n) is 2.82. The van der Waals surface area contributed by atoms with Crippen LogP contribution in [0.3, 0.4) is 0 Å². The van der Waals surface area contributed by atoms with Crippen LogP contribution < -0.4 is 5.32 Å². The van der Waals surface area contributed by atoms with Gasteiger partial charge in [-0.2, -0.15) is 0 Å². The van der Waals surface area contributed by atoms with Gasteiger partial charge in [-0.25, -0.2) is 4.39 Å². The van der Waals surface area contributed by atoms with Crippen LogP contribution in [0.15, 0.2) is 18.2 Å². The normalized spacial score (nSPS) is 18.3. The van der Waals surface area contributed by atoms with Crippen molar-refractivity contribution in [2.24, 2.45) is 11.8 Å². The number of hydrogen-bond donors (Lipinski definition) is 1. The first-order valence-corrected chi connectivity index (χ1v) is 7.86. The highest BCUT2D eigenvalue weighted by molar-refractivity contribution is 5.99. The molecule has 0 saturated carbocycles. The second-order valence-corrected chi connectivity index (χ2v) is 6.13. The third-order valence-corrected chi connectivity index (χ3v) is 4.25. The van der Waals surface area contributed by atoms with Crippen molar-refractivity contribution in [1.29, 1.82) is 0 Å². The fraction of sp³-hybridized carbons (Fsp3) is 0.588. The third-order valence-electron chi connectivity index (χ3n) is 4.25. The standard InChI is InChI=1S/C17H25FN2O/c1-4-9-19-16-14(6-5-7-15(16)18)17(21)20-10-8-13(11-20)12(2)3/h5-7,12-13,19H,4,8-11H2,1-3H3. The zero-order chi connectivity index (χ0) is 15.4. The summed E-state index contributed by atoms with van der Waals surface area (Å²) in [7, 11) is 0. The van der Waals surface area contributed by atoms with E-state index in [1.54, 1.807) is 12.1 Å². The van der Waals surface area contributed by atoms with Gasteiger partial charge < -0.3 is 10.2 Å². The molecule has 1 N–H and O–H groups in total. The molecule has 1 aromatic rings. The zero-order valence-electron chi connectivity index (χ0n) is 13.2. The molecule has 4 heteroatoms. The highest BCUT2D eigenvalue weighted by atomic mass is 19.1. The smallest absolute Gasteiger partial charge is 0.256 e. The highest BCUT2D eigenvalue weighted by Crippen LogP contribution is 2.27. The Kier molecular flexibility index (Phi) is 5.21. The number of rotatable bonds is 5. The summed E-state index contributed by atoms with van der Waals surface area (Å²) in [6.07, 6.45) is 1.93. The van der Waals surface area contributed by atoms with Gasteiger partial charge in [-0.3, -0.25) is 4.79 Å². The zero-order valence-corrected chi connectivity index (χ0v) is 13.2. The average Bonchev–Trinajstić information content (AvgIpc) is 2.95. The molecule has 1 unspecified atom stereocenters. The number of hydrogen-bond acceptors (Lipinski definition) is 2. The number of anilines is 1. The minimum absolute atomic E-state index is 0.0590. The van der Waals surface area contributed by atoms with Gasteiger partial charge in [0.05, 0.1) is 11.3 Å². The average molecular weight is 292 g/mol. The molecule has 1 heterocycles. The van der Waals surface area contributed by atoms with E-state index in [0.29, 0.717) is 29.6 Å². The molecular weight excluding hydrogens is 267 g/mol. The molecule has 3 nitrogen and oxygen atoms in total. The van der Waals surface area contributed by atoms with E-state index in [4.69, 9.17) is 0 Å². The van der Waals surface area contributed by atoms with Crippen LogP contribution in [-0.2, 0) is 0 Å². The van der Waals surface area contributed by atoms with E-state index in [0.717, 1.165) is 25.9 Å². The molecule has 1 aliphatic heterocycles. The van der Waals surface area contributed by atoms with Crippen molar-refractivity contribution < 1.29 is 9.18 Å². The quantitative estimate of drug-likeness (QED) is 0.896. The van der Waals surface area contributed by atoms with Crippen molar-refractivity contribution in [3.63, 3.8) is 0 Å². The second-order valence-electron chi connectivity index (χ2n) is 6.13. The first-order chi connectivity index (χ1) is 10.0. The van der Waals surface area contributed by atoms with Gasteiger partial charge in [0.15, 0.2) is 0 Å². The topological polar surface area (TPSA) is 32.3 Å². The molecule has 116 valence electrons. The number of nitrogens with zero attached hydrogens (tertiary/aromatic N) is 1. The number of benzene rings is 1. The molecule has 1 saturated heterocycles. The first kappa shape index (κ1) is 15.8. The fourth-order valence-corrected chi connectivity index (χ4v) is 2.82. The molecule has 2 rings (SSSR count). The largest absolute Gasteiger partial charge is 0.382 e. The van der Waals surface area contributed by atoms with Crippen LogP contribution in [0, 0.1) is 17.7 Å². The lowest BCUT2D eigenvalue weighted by molar-refractivity contribution is 0.0784. The summed E-state index contributed by atoms with van der Waals surface area (Å²) < 4.78 is 14.0. The second kappa shape index (κ2) is 6.92. The maximum atomic E-state index is 14.0. The Morgan fingerprint density at radius 1 is 1.48 bits per heavy atom. The van der Waals surface area contributed by atoms with Crippen LogP contribution in [-0.4, -0.2) is 30.4 Å². The Morgan fingerprint density at radius 2 is 2.24 bits per heavy atom. The summed E-state index contributed by atoms with van der Waals surface area (Å²) in [6, 6.07) is 4.72. The molecule has 0 bridgehead atoms. The first-order valence-electron chi connectivity index (χ1n) is 7.86. The third kappa shape index (κ3) is 3.55. The van der Waals surface area contributed by atoms with E-state index in [9.17, 15) is 9.18 Å². The van der Waals surface area contributed by atoms with Crippen LogP contribution in [0.2, 0.25) is 0 Å². The minimum Gasteiger partial charge on any atom is -0.382 e. The molecule has 1 amide bonds. The maximum Gasteiger partial charge on any atom is 0.256 e. The van der Waals surface area contributed by atoms with Crippen molar-refractivity contribution in [2.45, 2.75) is 33.6 Å². The molecule has 0 aromatic heterocycles. The lowest BCUT2D eigenvalue weighted by Crippen LogP contribution is -2.30. The summed E-state index contributed by atoms with van der Waals surface area (Å²) in [5.41, 5.74) is 0.796. The molecule has 1 fully saturated rings. The van der Waals surface area contributed by atoms with Gasteiger partial charge in [-0.1, -0.05) is 26.8 Å². The van der Waals surface area contributed by atoms with E-state index >= 15 is 0 Å². The van der Waals surface area contributed by atoms with E-state index < -0.39 is 0 Å². The highest BCUT2D eigenvalue weighted by Gasteiger charge is 2.30. The van der Waals surface area contributed by atoms with E-state index in [2.05, 4.69) is 19.2 Å². The molecule has 0 aliphatic carbocycles. The predicted molar refractivity (Wildman–Crippen MR) is 84.0 cm³/mol. The number of nitrogens with one attached hydrogen (secondary N) is 1. The summed E-state index contributed by atoms with van der Waals surface area (Å²) >= 11 is 0. The van der Waals surface area contributed by atoms with Crippen molar-refractivity contribution in [3.8, 4) is 0 Å². The molecule has 0 spiro atoms. The van der Waals surface area contributed by atoms with Crippen LogP contribution in [0.4, 0.5) is 10.1 Å². The van der Waals surface area contributed by atoms with E-state index in [1.165, 1.54) is 6.07 Å². The van der Waals surface area contributed by atoms with Gasteiger partial charge in [-0.15, -0.1) is 0 Å². The SMILES string of the molecule is CCCNc1c(F)cccc1C(=O)N1CCC(C(C)C)C1. The Hall–Kier alpha value is -1.58. The molecule has 1 atom stereocenters. The van der Waals surface area contributed by atoms with Crippen molar-refractivity contribution >= 4 is 11.6 Å². The predicted octanol–water partition coefficient (Wildman–Crippen LogP) is 3.77. The summed E-state index contributed by atoms with van der Waals surface area (Å²) in [5.74, 6) is 0.715. The van der Waals surface area contributed by atoms with Crippen molar-refractivity contribution in [2.75, 3.05) is 25.0 Å². The maximum absolute atomic E-state index is 14.0. The van der Waals surface area contributed by atoms with E-state index in [1.807, 2.05) is 11.8 Å². The summed E-state index contributed by atoms with van der Waals surface area (Å²) in [5, 5.41) is 3.05. The van der Waals surface area contributed by atoms with Crippen LogP contribution in [0.1, 0.15) is 44.0 Å². The van der Waals surface area contributed by atoms with Crippen molar-refractivity contribution in [3.05, 3.63) is 29.6 Å². The van der Waals surface area contributed by atoms with Gasteiger partial charge in [0.1, 0.15) is 5.82 Å². The van der Waals surface area contributed by atoms with Gasteiger partial charge in [-0.05, 0) is 36.8 Å². The van der Waals surface area contributed by atoms with Crippen molar-refractivity contribution in [1.82, 2.24) is 4.90 Å². The van der Waals surface area contributed by atoms with Gasteiger partial charge in [0.2, 0.25) is 0 Å². The molecular formula is C17H25FN2O. The number of amides is 1. The lowest BCUT2D eigenvalue weighted by atomic mass is 9.95. The molecule has 1 aromatic carbocycles. The number of carbonyl (C=O) groups excluding carboxylic acids is 1. The number of halogens is 1. The minimum atomic E-state index is -0.353. The molecule has 21 heavy (non-hydrogen) atoms. The Labute approximate surface area is 126 Å². The van der Waals surface area contributed by atoms with Crippen LogP contribution in [0.25, 0.3) is 0 Å². The number of para-hydroxylation sites is 1. The Bertz CT molecular complexity index is 502. The van der Waals surface area contributed by atoms with Gasteiger partial charge in [0.25, 0.3) is 5.91 Å². The number of likely N-dealkylation sites (tertiary alicyclic amines) is 1. The van der Waals surface area contributed by atoms with Crippen LogP contribution >= 0.6 is 0 Å². The Morgan fingerprint density at radius 3 is 2.86 bits per heavy atom. The lowest BCUT2D eigenvalue weighted by Gasteiger charge is -2.20. The molecule has 1 aliphatic rings. The number of carbonyl (C=O) groups is 1. The molecule has 0 radical (unpaired) electrons. The summed E-state index contributed by atoms with van der Waals surface area (Å²) in [4.78, 5) is 14.5. The monoisotopic (exact) mass is 292 g/mol. The van der Waals surface area contributed by atoms with Gasteiger partial charge >= 0.3 is 0 Å². The Balaban J connectivity index is 2.18. The summed E-state index contributed by atoms with van der Waals surface area (Å²) in [6.45, 7) is 8.61.